The molecule has 1 aliphatic rings. The van der Waals surface area contributed by atoms with Crippen LogP contribution in [0, 0.1) is 5.92 Å². The van der Waals surface area contributed by atoms with Crippen molar-refractivity contribution in [1.82, 2.24) is 9.80 Å². The maximum atomic E-state index is 6.11. The standard InChI is InChI=1S/C14H31N3/c1-13-6-5-8-14(12-15,9-7-13)17(4)11-10-16(2)3/h13H,5-12,15H2,1-4H3. The summed E-state index contributed by atoms with van der Waals surface area (Å²) in [6.45, 7) is 5.43. The summed E-state index contributed by atoms with van der Waals surface area (Å²) in [5.41, 5.74) is 6.37. The summed E-state index contributed by atoms with van der Waals surface area (Å²) in [4.78, 5) is 4.77. The van der Waals surface area contributed by atoms with E-state index < -0.39 is 0 Å². The molecule has 0 heterocycles. The minimum Gasteiger partial charge on any atom is -0.329 e. The first-order valence-electron chi connectivity index (χ1n) is 7.06. The van der Waals surface area contributed by atoms with Crippen LogP contribution in [0.15, 0.2) is 0 Å². The highest BCUT2D eigenvalue weighted by molar-refractivity contribution is 4.92. The Kier molecular flexibility index (Phi) is 5.90. The van der Waals surface area contributed by atoms with E-state index in [0.29, 0.717) is 0 Å². The summed E-state index contributed by atoms with van der Waals surface area (Å²) in [5.74, 6) is 0.880. The number of nitrogens with zero attached hydrogens (tertiary/aromatic N) is 2. The first-order chi connectivity index (χ1) is 8.00. The van der Waals surface area contributed by atoms with Gasteiger partial charge in [0.2, 0.25) is 0 Å². The zero-order valence-electron chi connectivity index (χ0n) is 12.2. The van der Waals surface area contributed by atoms with Crippen LogP contribution in [-0.4, -0.2) is 56.1 Å². The minimum atomic E-state index is 0.265. The molecule has 0 bridgehead atoms. The molecule has 17 heavy (non-hydrogen) atoms. The third-order valence-corrected chi connectivity index (χ3v) is 4.51. The van der Waals surface area contributed by atoms with E-state index in [-0.39, 0.29) is 5.54 Å². The third kappa shape index (κ3) is 4.23. The molecule has 0 aliphatic heterocycles. The molecule has 1 aliphatic carbocycles. The van der Waals surface area contributed by atoms with E-state index in [0.717, 1.165) is 25.6 Å². The first-order valence-corrected chi connectivity index (χ1v) is 7.06. The van der Waals surface area contributed by atoms with Crippen molar-refractivity contribution < 1.29 is 0 Å². The molecule has 2 unspecified atom stereocenters. The summed E-state index contributed by atoms with van der Waals surface area (Å²) in [5, 5.41) is 0. The number of nitrogens with two attached hydrogens (primary N) is 1. The number of likely N-dealkylation sites (N-methyl/N-ethyl adjacent to an activating group) is 2. The van der Waals surface area contributed by atoms with Gasteiger partial charge >= 0.3 is 0 Å². The van der Waals surface area contributed by atoms with Crippen molar-refractivity contribution >= 4 is 0 Å². The fourth-order valence-electron chi connectivity index (χ4n) is 2.89. The number of hydrogen-bond acceptors (Lipinski definition) is 3. The maximum absolute atomic E-state index is 6.11. The average molecular weight is 241 g/mol. The zero-order valence-corrected chi connectivity index (χ0v) is 12.2. The van der Waals surface area contributed by atoms with Crippen molar-refractivity contribution in [1.29, 1.82) is 0 Å². The lowest BCUT2D eigenvalue weighted by atomic mass is 9.88. The normalized spacial score (nSPS) is 30.9. The lowest BCUT2D eigenvalue weighted by Crippen LogP contribution is -2.53. The molecule has 0 aromatic heterocycles. The van der Waals surface area contributed by atoms with Crippen molar-refractivity contribution in [3.05, 3.63) is 0 Å². The maximum Gasteiger partial charge on any atom is 0.0329 e. The molecule has 0 saturated heterocycles. The van der Waals surface area contributed by atoms with E-state index in [1.54, 1.807) is 0 Å². The van der Waals surface area contributed by atoms with Crippen molar-refractivity contribution in [2.45, 2.75) is 44.6 Å². The molecule has 3 nitrogen and oxygen atoms in total. The van der Waals surface area contributed by atoms with E-state index in [9.17, 15) is 0 Å². The summed E-state index contributed by atoms with van der Waals surface area (Å²) in [7, 11) is 6.53. The Morgan fingerprint density at radius 2 is 1.82 bits per heavy atom. The van der Waals surface area contributed by atoms with Gasteiger partial charge in [0.1, 0.15) is 0 Å². The Hall–Kier alpha value is -0.120. The number of hydrogen-bond donors (Lipinski definition) is 1. The summed E-state index contributed by atoms with van der Waals surface area (Å²) in [6.07, 6.45) is 6.60. The van der Waals surface area contributed by atoms with Crippen molar-refractivity contribution in [3.8, 4) is 0 Å². The molecule has 1 fully saturated rings. The molecule has 0 aromatic rings. The van der Waals surface area contributed by atoms with Gasteiger partial charge in [0.05, 0.1) is 0 Å². The van der Waals surface area contributed by atoms with Crippen LogP contribution < -0.4 is 5.73 Å². The number of rotatable bonds is 5. The van der Waals surface area contributed by atoms with Gasteiger partial charge in [-0.25, -0.2) is 0 Å². The van der Waals surface area contributed by atoms with Crippen LogP contribution in [0.4, 0.5) is 0 Å². The molecule has 0 spiro atoms. The molecule has 0 amide bonds. The average Bonchev–Trinajstić information content (AvgIpc) is 2.49. The van der Waals surface area contributed by atoms with Crippen molar-refractivity contribution in [3.63, 3.8) is 0 Å². The first kappa shape index (κ1) is 14.9. The highest BCUT2D eigenvalue weighted by atomic mass is 15.2. The summed E-state index contributed by atoms with van der Waals surface area (Å²) >= 11 is 0. The molecular formula is C14H31N3. The highest BCUT2D eigenvalue weighted by Crippen LogP contribution is 2.33. The van der Waals surface area contributed by atoms with E-state index in [4.69, 9.17) is 5.73 Å². The van der Waals surface area contributed by atoms with Crippen LogP contribution in [0.5, 0.6) is 0 Å². The van der Waals surface area contributed by atoms with Gasteiger partial charge in [0.25, 0.3) is 0 Å². The van der Waals surface area contributed by atoms with E-state index in [2.05, 4.69) is 37.9 Å². The molecule has 2 atom stereocenters. The monoisotopic (exact) mass is 241 g/mol. The summed E-state index contributed by atoms with van der Waals surface area (Å²) < 4.78 is 0. The predicted octanol–water partition coefficient (Wildman–Crippen LogP) is 1.78. The molecule has 1 saturated carbocycles. The molecule has 3 heteroatoms. The minimum absolute atomic E-state index is 0.265. The van der Waals surface area contributed by atoms with Crippen molar-refractivity contribution in [2.24, 2.45) is 11.7 Å². The Labute approximate surface area is 107 Å². The van der Waals surface area contributed by atoms with Gasteiger partial charge in [-0.1, -0.05) is 19.8 Å². The highest BCUT2D eigenvalue weighted by Gasteiger charge is 2.34. The molecule has 0 aromatic carbocycles. The Bertz CT molecular complexity index is 218. The molecular weight excluding hydrogens is 210 g/mol. The van der Waals surface area contributed by atoms with Gasteiger partial charge in [0, 0.05) is 25.2 Å². The quantitative estimate of drug-likeness (QED) is 0.745. The Morgan fingerprint density at radius 3 is 2.41 bits per heavy atom. The fourth-order valence-corrected chi connectivity index (χ4v) is 2.89. The van der Waals surface area contributed by atoms with E-state index in [1.807, 2.05) is 0 Å². The van der Waals surface area contributed by atoms with Crippen molar-refractivity contribution in [2.75, 3.05) is 40.8 Å². The fraction of sp³-hybridized carbons (Fsp3) is 1.00. The second-order valence-electron chi connectivity index (χ2n) is 6.19. The predicted molar refractivity (Wildman–Crippen MR) is 75.2 cm³/mol. The molecule has 1 rings (SSSR count). The third-order valence-electron chi connectivity index (χ3n) is 4.51. The lowest BCUT2D eigenvalue weighted by Gasteiger charge is -2.41. The van der Waals surface area contributed by atoms with Crippen LogP contribution in [0.25, 0.3) is 0 Å². The van der Waals surface area contributed by atoms with Gasteiger partial charge in [-0.15, -0.1) is 0 Å². The summed E-state index contributed by atoms with van der Waals surface area (Å²) in [6, 6.07) is 0. The van der Waals surface area contributed by atoms with Gasteiger partial charge in [-0.3, -0.25) is 4.90 Å². The van der Waals surface area contributed by atoms with Gasteiger partial charge in [-0.05, 0) is 46.3 Å². The Morgan fingerprint density at radius 1 is 1.12 bits per heavy atom. The van der Waals surface area contributed by atoms with Crippen LogP contribution in [0.2, 0.25) is 0 Å². The smallest absolute Gasteiger partial charge is 0.0329 e. The van der Waals surface area contributed by atoms with E-state index in [1.165, 1.54) is 32.1 Å². The van der Waals surface area contributed by atoms with Crippen LogP contribution in [-0.2, 0) is 0 Å². The lowest BCUT2D eigenvalue weighted by molar-refractivity contribution is 0.0982. The van der Waals surface area contributed by atoms with Gasteiger partial charge in [0.15, 0.2) is 0 Å². The van der Waals surface area contributed by atoms with Crippen LogP contribution >= 0.6 is 0 Å². The van der Waals surface area contributed by atoms with Crippen LogP contribution in [0.3, 0.4) is 0 Å². The zero-order chi connectivity index (χ0) is 12.9. The van der Waals surface area contributed by atoms with Gasteiger partial charge in [-0.2, -0.15) is 0 Å². The second-order valence-corrected chi connectivity index (χ2v) is 6.19. The topological polar surface area (TPSA) is 32.5 Å². The largest absolute Gasteiger partial charge is 0.329 e. The molecule has 0 radical (unpaired) electrons. The second kappa shape index (κ2) is 6.72. The SMILES string of the molecule is CC1CCCC(CN)(N(C)CCN(C)C)CC1. The van der Waals surface area contributed by atoms with E-state index >= 15 is 0 Å². The van der Waals surface area contributed by atoms with Gasteiger partial charge < -0.3 is 10.6 Å². The molecule has 102 valence electrons. The molecule has 2 N–H and O–H groups in total. The van der Waals surface area contributed by atoms with Crippen LogP contribution in [0.1, 0.15) is 39.0 Å². The Balaban J connectivity index is 2.59.